The number of rotatable bonds is 4. The predicted molar refractivity (Wildman–Crippen MR) is 72.7 cm³/mol. The third kappa shape index (κ3) is 3.08. The number of carbonyl (C=O) groups is 1. The monoisotopic (exact) mass is 311 g/mol. The summed E-state index contributed by atoms with van der Waals surface area (Å²) < 4.78 is 0.992. The van der Waals surface area contributed by atoms with Crippen molar-refractivity contribution in [2.75, 3.05) is 5.32 Å². The third-order valence-electron chi connectivity index (χ3n) is 2.25. The molecule has 0 aliphatic heterocycles. The van der Waals surface area contributed by atoms with Crippen LogP contribution in [0.3, 0.4) is 0 Å². The fourth-order valence-electron chi connectivity index (χ4n) is 1.46. The molecule has 2 aromatic rings. The van der Waals surface area contributed by atoms with Crippen LogP contribution in [0.2, 0.25) is 0 Å². The summed E-state index contributed by atoms with van der Waals surface area (Å²) in [5, 5.41) is 14.0. The summed E-state index contributed by atoms with van der Waals surface area (Å²) in [7, 11) is 0. The molecule has 0 aliphatic rings. The molecule has 0 amide bonds. The molecule has 1 aromatic heterocycles. The summed E-state index contributed by atoms with van der Waals surface area (Å²) in [6.45, 7) is 0.515. The molecule has 0 fully saturated rings. The molecule has 0 saturated carbocycles. The first-order valence-electron chi connectivity index (χ1n) is 4.96. The summed E-state index contributed by atoms with van der Waals surface area (Å²) in [5.41, 5.74) is 1.77. The van der Waals surface area contributed by atoms with E-state index in [-0.39, 0.29) is 0 Å². The van der Waals surface area contributed by atoms with Gasteiger partial charge in [-0.25, -0.2) is 4.79 Å². The molecule has 1 aromatic carbocycles. The number of carboxylic acid groups (broad SMARTS) is 1. The molecule has 2 rings (SSSR count). The van der Waals surface area contributed by atoms with Crippen molar-refractivity contribution in [1.29, 1.82) is 0 Å². The zero-order chi connectivity index (χ0) is 12.3. The highest BCUT2D eigenvalue weighted by atomic mass is 79.9. The van der Waals surface area contributed by atoms with Gasteiger partial charge in [0.15, 0.2) is 0 Å². The second-order valence-electron chi connectivity index (χ2n) is 3.44. The van der Waals surface area contributed by atoms with Gasteiger partial charge in [0, 0.05) is 16.7 Å². The molecule has 1 heterocycles. The van der Waals surface area contributed by atoms with Crippen LogP contribution in [0, 0.1) is 0 Å². The highest BCUT2D eigenvalue weighted by molar-refractivity contribution is 9.10. The number of anilines is 1. The average Bonchev–Trinajstić information content (AvgIpc) is 2.74. The van der Waals surface area contributed by atoms with Gasteiger partial charge >= 0.3 is 5.97 Å². The van der Waals surface area contributed by atoms with E-state index in [1.807, 2.05) is 30.3 Å². The third-order valence-corrected chi connectivity index (χ3v) is 3.69. The van der Waals surface area contributed by atoms with Crippen molar-refractivity contribution in [1.82, 2.24) is 0 Å². The van der Waals surface area contributed by atoms with Gasteiger partial charge in [-0.1, -0.05) is 22.0 Å². The predicted octanol–water partition coefficient (Wildman–Crippen LogP) is 3.82. The molecule has 3 nitrogen and oxygen atoms in total. The Bertz CT molecular complexity index is 539. The number of carboxylic acids is 1. The Kier molecular flexibility index (Phi) is 3.81. The van der Waals surface area contributed by atoms with Crippen molar-refractivity contribution >= 4 is 38.9 Å². The van der Waals surface area contributed by atoms with Gasteiger partial charge in [0.2, 0.25) is 0 Å². The van der Waals surface area contributed by atoms with Gasteiger partial charge in [0.25, 0.3) is 0 Å². The Hall–Kier alpha value is -1.33. The second-order valence-corrected chi connectivity index (χ2v) is 5.28. The highest BCUT2D eigenvalue weighted by Gasteiger charge is 2.10. The molecule has 0 aliphatic carbocycles. The van der Waals surface area contributed by atoms with E-state index < -0.39 is 5.97 Å². The van der Waals surface area contributed by atoms with Crippen LogP contribution in [-0.2, 0) is 6.54 Å². The van der Waals surface area contributed by atoms with Crippen molar-refractivity contribution in [3.63, 3.8) is 0 Å². The topological polar surface area (TPSA) is 49.3 Å². The molecular weight excluding hydrogens is 302 g/mol. The van der Waals surface area contributed by atoms with E-state index in [0.717, 1.165) is 15.7 Å². The van der Waals surface area contributed by atoms with Gasteiger partial charge in [-0.15, -0.1) is 11.3 Å². The largest absolute Gasteiger partial charge is 0.477 e. The van der Waals surface area contributed by atoms with Crippen LogP contribution in [0.15, 0.2) is 40.2 Å². The molecule has 0 unspecified atom stereocenters. The maximum Gasteiger partial charge on any atom is 0.346 e. The lowest BCUT2D eigenvalue weighted by Crippen LogP contribution is -2.03. The summed E-state index contributed by atoms with van der Waals surface area (Å²) >= 11 is 4.63. The van der Waals surface area contributed by atoms with Crippen LogP contribution in [0.5, 0.6) is 0 Å². The lowest BCUT2D eigenvalue weighted by atomic mass is 10.2. The lowest BCUT2D eigenvalue weighted by molar-refractivity contribution is 0.0701. The number of aromatic carboxylic acids is 1. The van der Waals surface area contributed by atoms with Gasteiger partial charge in [-0.05, 0) is 35.2 Å². The van der Waals surface area contributed by atoms with Crippen molar-refractivity contribution in [2.24, 2.45) is 0 Å². The number of nitrogens with one attached hydrogen (secondary N) is 1. The first kappa shape index (κ1) is 12.1. The molecule has 0 spiro atoms. The Balaban J connectivity index is 2.07. The van der Waals surface area contributed by atoms with Crippen LogP contribution in [0.25, 0.3) is 0 Å². The summed E-state index contributed by atoms with van der Waals surface area (Å²) in [6.07, 6.45) is 0. The molecular formula is C12H10BrNO2S. The minimum atomic E-state index is -0.869. The summed E-state index contributed by atoms with van der Waals surface area (Å²) in [4.78, 5) is 11.3. The van der Waals surface area contributed by atoms with Gasteiger partial charge < -0.3 is 10.4 Å². The van der Waals surface area contributed by atoms with Crippen molar-refractivity contribution < 1.29 is 9.90 Å². The molecule has 5 heteroatoms. The highest BCUT2D eigenvalue weighted by Crippen LogP contribution is 2.20. The summed E-state index contributed by atoms with van der Waals surface area (Å²) in [6, 6.07) is 9.60. The zero-order valence-corrected chi connectivity index (χ0v) is 11.2. The maximum absolute atomic E-state index is 10.9. The van der Waals surface area contributed by atoms with Crippen LogP contribution in [0.4, 0.5) is 5.69 Å². The first-order valence-corrected chi connectivity index (χ1v) is 6.63. The number of hydrogen-bond acceptors (Lipinski definition) is 3. The van der Waals surface area contributed by atoms with Crippen molar-refractivity contribution in [3.8, 4) is 0 Å². The normalized spacial score (nSPS) is 10.2. The average molecular weight is 312 g/mol. The Morgan fingerprint density at radius 2 is 2.24 bits per heavy atom. The van der Waals surface area contributed by atoms with Gasteiger partial charge in [-0.3, -0.25) is 0 Å². The van der Waals surface area contributed by atoms with E-state index in [0.29, 0.717) is 11.4 Å². The van der Waals surface area contributed by atoms with Crippen LogP contribution in [0.1, 0.15) is 15.2 Å². The van der Waals surface area contributed by atoms with E-state index >= 15 is 0 Å². The smallest absolute Gasteiger partial charge is 0.346 e. The molecule has 17 heavy (non-hydrogen) atoms. The van der Waals surface area contributed by atoms with E-state index in [1.165, 1.54) is 11.3 Å². The SMILES string of the molecule is O=C(O)c1sccc1CNc1cccc(Br)c1. The van der Waals surface area contributed by atoms with Gasteiger partial charge in [-0.2, -0.15) is 0 Å². The van der Waals surface area contributed by atoms with Crippen LogP contribution < -0.4 is 5.32 Å². The van der Waals surface area contributed by atoms with Crippen molar-refractivity contribution in [3.05, 3.63) is 50.6 Å². The second kappa shape index (κ2) is 5.33. The van der Waals surface area contributed by atoms with E-state index in [9.17, 15) is 4.79 Å². The molecule has 2 N–H and O–H groups in total. The first-order chi connectivity index (χ1) is 8.16. The van der Waals surface area contributed by atoms with Crippen LogP contribution >= 0.6 is 27.3 Å². The summed E-state index contributed by atoms with van der Waals surface area (Å²) in [5.74, 6) is -0.869. The molecule has 88 valence electrons. The minimum Gasteiger partial charge on any atom is -0.477 e. The fourth-order valence-corrected chi connectivity index (χ4v) is 2.62. The maximum atomic E-state index is 10.9. The molecule has 0 atom stereocenters. The number of halogens is 1. The van der Waals surface area contributed by atoms with E-state index in [4.69, 9.17) is 5.11 Å². The van der Waals surface area contributed by atoms with Gasteiger partial charge in [0.1, 0.15) is 4.88 Å². The number of benzene rings is 1. The fraction of sp³-hybridized carbons (Fsp3) is 0.0833. The molecule has 0 saturated heterocycles. The zero-order valence-electron chi connectivity index (χ0n) is 8.81. The lowest BCUT2D eigenvalue weighted by Gasteiger charge is -2.06. The van der Waals surface area contributed by atoms with Gasteiger partial charge in [0.05, 0.1) is 0 Å². The standard InChI is InChI=1S/C12H10BrNO2S/c13-9-2-1-3-10(6-9)14-7-8-4-5-17-11(8)12(15)16/h1-6,14H,7H2,(H,15,16). The number of hydrogen-bond donors (Lipinski definition) is 2. The quantitative estimate of drug-likeness (QED) is 0.902. The Labute approximate surface area is 111 Å². The molecule has 0 bridgehead atoms. The minimum absolute atomic E-state index is 0.396. The Morgan fingerprint density at radius 3 is 2.94 bits per heavy atom. The van der Waals surface area contributed by atoms with E-state index in [2.05, 4.69) is 21.2 Å². The Morgan fingerprint density at radius 1 is 1.41 bits per heavy atom. The van der Waals surface area contributed by atoms with Crippen LogP contribution in [-0.4, -0.2) is 11.1 Å². The van der Waals surface area contributed by atoms with E-state index in [1.54, 1.807) is 5.38 Å². The molecule has 0 radical (unpaired) electrons. The number of thiophene rings is 1. The van der Waals surface area contributed by atoms with Crippen molar-refractivity contribution in [2.45, 2.75) is 6.54 Å².